The largest absolute Gasteiger partial charge is 0.349 e. The molecule has 2 aliphatic rings. The van der Waals surface area contributed by atoms with Crippen LogP contribution in [0.3, 0.4) is 0 Å². The number of fused-ring (bicyclic) bond motifs is 1. The summed E-state index contributed by atoms with van der Waals surface area (Å²) < 4.78 is 1.96. The SMILES string of the molecule is Cc1c(C(=O)N2CC3(CC(NC(=O)c4cncs4)C3)C2)sc2nccn12. The second-order valence-electron chi connectivity index (χ2n) is 7.20. The standard InChI is InChI=1S/C17H17N5O2S2/c1-10-13(26-16-19-2-3-22(10)16)15(24)21-7-17(8-21)4-11(5-17)20-14(23)12-6-18-9-25-12/h2-3,6,9,11H,4-5,7-8H2,1H3,(H,20,23). The van der Waals surface area contributed by atoms with E-state index in [1.807, 2.05) is 22.4 Å². The number of hydrogen-bond donors (Lipinski definition) is 1. The van der Waals surface area contributed by atoms with E-state index in [4.69, 9.17) is 0 Å². The van der Waals surface area contributed by atoms with Gasteiger partial charge in [0.1, 0.15) is 9.75 Å². The summed E-state index contributed by atoms with van der Waals surface area (Å²) in [5.41, 5.74) is 2.81. The molecule has 1 spiro atoms. The van der Waals surface area contributed by atoms with Crippen molar-refractivity contribution in [1.82, 2.24) is 24.6 Å². The van der Waals surface area contributed by atoms with Crippen molar-refractivity contribution in [3.8, 4) is 0 Å². The lowest BCUT2D eigenvalue weighted by Gasteiger charge is -2.58. The van der Waals surface area contributed by atoms with E-state index in [2.05, 4.69) is 15.3 Å². The zero-order valence-corrected chi connectivity index (χ0v) is 15.8. The first-order valence-corrected chi connectivity index (χ1v) is 10.2. The highest BCUT2D eigenvalue weighted by atomic mass is 32.1. The number of amides is 2. The minimum absolute atomic E-state index is 0.0443. The molecule has 4 heterocycles. The summed E-state index contributed by atoms with van der Waals surface area (Å²) in [5.74, 6) is 0.0536. The summed E-state index contributed by atoms with van der Waals surface area (Å²) in [5, 5.41) is 3.06. The molecule has 9 heteroatoms. The summed E-state index contributed by atoms with van der Waals surface area (Å²) in [7, 11) is 0. The number of thiazole rings is 2. The van der Waals surface area contributed by atoms with Gasteiger partial charge in [-0.3, -0.25) is 19.0 Å². The Kier molecular flexibility index (Phi) is 3.45. The molecular weight excluding hydrogens is 370 g/mol. The van der Waals surface area contributed by atoms with E-state index in [-0.39, 0.29) is 23.3 Å². The molecule has 26 heavy (non-hydrogen) atoms. The second-order valence-corrected chi connectivity index (χ2v) is 9.07. The Balaban J connectivity index is 1.18. The Hall–Kier alpha value is -2.26. The van der Waals surface area contributed by atoms with E-state index >= 15 is 0 Å². The lowest BCUT2D eigenvalue weighted by Crippen LogP contribution is -2.67. The van der Waals surface area contributed by atoms with Gasteiger partial charge in [0, 0.05) is 42.6 Å². The Morgan fingerprint density at radius 2 is 2.15 bits per heavy atom. The zero-order valence-electron chi connectivity index (χ0n) is 14.1. The molecule has 7 nitrogen and oxygen atoms in total. The predicted octanol–water partition coefficient (Wildman–Crippen LogP) is 2.20. The van der Waals surface area contributed by atoms with E-state index in [0.29, 0.717) is 4.88 Å². The number of carbonyl (C=O) groups is 2. The van der Waals surface area contributed by atoms with Crippen molar-refractivity contribution in [3.05, 3.63) is 39.5 Å². The van der Waals surface area contributed by atoms with Gasteiger partial charge >= 0.3 is 0 Å². The van der Waals surface area contributed by atoms with Gasteiger partial charge in [-0.15, -0.1) is 11.3 Å². The van der Waals surface area contributed by atoms with Crippen molar-refractivity contribution in [1.29, 1.82) is 0 Å². The van der Waals surface area contributed by atoms with Gasteiger partial charge in [-0.05, 0) is 19.8 Å². The van der Waals surface area contributed by atoms with Gasteiger partial charge in [0.05, 0.1) is 11.7 Å². The molecule has 5 rings (SSSR count). The van der Waals surface area contributed by atoms with Crippen LogP contribution in [0, 0.1) is 12.3 Å². The fourth-order valence-corrected chi connectivity index (χ4v) is 5.65. The first-order chi connectivity index (χ1) is 12.5. The van der Waals surface area contributed by atoms with Crippen LogP contribution in [0.1, 0.15) is 37.9 Å². The van der Waals surface area contributed by atoms with Crippen LogP contribution in [0.15, 0.2) is 24.1 Å². The fraction of sp³-hybridized carbons (Fsp3) is 0.412. The molecule has 0 atom stereocenters. The smallest absolute Gasteiger partial charge is 0.265 e. The van der Waals surface area contributed by atoms with Crippen LogP contribution in [0.2, 0.25) is 0 Å². The van der Waals surface area contributed by atoms with Crippen molar-refractivity contribution in [2.75, 3.05) is 13.1 Å². The number of imidazole rings is 1. The molecule has 0 bridgehead atoms. The Bertz CT molecular complexity index is 992. The van der Waals surface area contributed by atoms with Crippen LogP contribution < -0.4 is 5.32 Å². The number of rotatable bonds is 3. The summed E-state index contributed by atoms with van der Waals surface area (Å²) in [4.78, 5) is 37.2. The molecule has 1 saturated heterocycles. The summed E-state index contributed by atoms with van der Waals surface area (Å²) in [6.45, 7) is 3.51. The summed E-state index contributed by atoms with van der Waals surface area (Å²) in [6, 6.07) is 0.202. The number of likely N-dealkylation sites (tertiary alicyclic amines) is 1. The maximum Gasteiger partial charge on any atom is 0.265 e. The van der Waals surface area contributed by atoms with Crippen LogP contribution in [0.4, 0.5) is 0 Å². The third kappa shape index (κ3) is 2.38. The van der Waals surface area contributed by atoms with Gasteiger partial charge < -0.3 is 10.2 Å². The number of nitrogens with zero attached hydrogens (tertiary/aromatic N) is 4. The number of aromatic nitrogens is 3. The van der Waals surface area contributed by atoms with Gasteiger partial charge in [0.15, 0.2) is 4.96 Å². The highest BCUT2D eigenvalue weighted by Gasteiger charge is 2.54. The molecule has 3 aromatic rings. The lowest BCUT2D eigenvalue weighted by atomic mass is 9.60. The van der Waals surface area contributed by atoms with Gasteiger partial charge in [0.2, 0.25) is 0 Å². The second kappa shape index (κ2) is 5.62. The first kappa shape index (κ1) is 16.0. The molecule has 2 amide bonds. The monoisotopic (exact) mass is 387 g/mol. The predicted molar refractivity (Wildman–Crippen MR) is 98.7 cm³/mol. The molecule has 0 unspecified atom stereocenters. The summed E-state index contributed by atoms with van der Waals surface area (Å²) >= 11 is 2.80. The van der Waals surface area contributed by atoms with Gasteiger partial charge in [-0.1, -0.05) is 11.3 Å². The van der Waals surface area contributed by atoms with Crippen LogP contribution in [0.25, 0.3) is 4.96 Å². The number of hydrogen-bond acceptors (Lipinski definition) is 6. The molecular formula is C17H17N5O2S2. The maximum atomic E-state index is 12.8. The first-order valence-electron chi connectivity index (χ1n) is 8.46. The normalized spacial score (nSPS) is 18.7. The van der Waals surface area contributed by atoms with Gasteiger partial charge in [0.25, 0.3) is 11.8 Å². The van der Waals surface area contributed by atoms with Crippen molar-refractivity contribution < 1.29 is 9.59 Å². The molecule has 3 aromatic heterocycles. The highest BCUT2D eigenvalue weighted by molar-refractivity contribution is 7.19. The minimum atomic E-state index is -0.0443. The van der Waals surface area contributed by atoms with E-state index < -0.39 is 0 Å². The van der Waals surface area contributed by atoms with E-state index in [9.17, 15) is 9.59 Å². The van der Waals surface area contributed by atoms with E-state index in [1.54, 1.807) is 17.9 Å². The molecule has 134 valence electrons. The number of aryl methyl sites for hydroxylation is 1. The van der Waals surface area contributed by atoms with E-state index in [0.717, 1.165) is 41.5 Å². The number of nitrogens with one attached hydrogen (secondary N) is 1. The zero-order chi connectivity index (χ0) is 17.9. The van der Waals surface area contributed by atoms with Crippen molar-refractivity contribution in [2.24, 2.45) is 5.41 Å². The fourth-order valence-electron chi connectivity index (χ4n) is 4.07. The molecule has 1 aliphatic carbocycles. The molecule has 0 radical (unpaired) electrons. The third-order valence-corrected chi connectivity index (χ3v) is 7.30. The van der Waals surface area contributed by atoms with Gasteiger partial charge in [-0.25, -0.2) is 4.98 Å². The molecule has 1 aliphatic heterocycles. The van der Waals surface area contributed by atoms with Crippen molar-refractivity contribution in [2.45, 2.75) is 25.8 Å². The quantitative estimate of drug-likeness (QED) is 0.747. The number of carbonyl (C=O) groups excluding carboxylic acids is 2. The Morgan fingerprint density at radius 1 is 1.35 bits per heavy atom. The molecule has 2 fully saturated rings. The highest BCUT2D eigenvalue weighted by Crippen LogP contribution is 2.49. The topological polar surface area (TPSA) is 79.6 Å². The minimum Gasteiger partial charge on any atom is -0.349 e. The average molecular weight is 387 g/mol. The Morgan fingerprint density at radius 3 is 2.85 bits per heavy atom. The molecule has 0 aromatic carbocycles. The Labute approximate surface area is 157 Å². The van der Waals surface area contributed by atoms with Crippen molar-refractivity contribution >= 4 is 39.4 Å². The summed E-state index contributed by atoms with van der Waals surface area (Å²) in [6.07, 6.45) is 7.11. The maximum absolute atomic E-state index is 12.8. The molecule has 1 saturated carbocycles. The van der Waals surface area contributed by atoms with Gasteiger partial charge in [-0.2, -0.15) is 0 Å². The van der Waals surface area contributed by atoms with Crippen molar-refractivity contribution in [3.63, 3.8) is 0 Å². The lowest BCUT2D eigenvalue weighted by molar-refractivity contribution is -0.0591. The van der Waals surface area contributed by atoms with E-state index in [1.165, 1.54) is 22.7 Å². The van der Waals surface area contributed by atoms with Crippen LogP contribution in [0.5, 0.6) is 0 Å². The van der Waals surface area contributed by atoms with Crippen LogP contribution >= 0.6 is 22.7 Å². The van der Waals surface area contributed by atoms with Crippen LogP contribution in [-0.4, -0.2) is 50.2 Å². The molecule has 1 N–H and O–H groups in total. The average Bonchev–Trinajstić information content (AvgIpc) is 3.26. The van der Waals surface area contributed by atoms with Crippen LogP contribution in [-0.2, 0) is 0 Å². The third-order valence-electron chi connectivity index (χ3n) is 5.37.